The van der Waals surface area contributed by atoms with Crippen molar-refractivity contribution in [2.24, 2.45) is 0 Å². The van der Waals surface area contributed by atoms with Crippen molar-refractivity contribution in [1.82, 2.24) is 36.2 Å². The van der Waals surface area contributed by atoms with Crippen molar-refractivity contribution in [2.75, 3.05) is 18.9 Å². The van der Waals surface area contributed by atoms with Crippen LogP contribution in [0.15, 0.2) is 59.7 Å². The number of hydrogen-bond acceptors (Lipinski definition) is 10. The third kappa shape index (κ3) is 4.90. The lowest BCUT2D eigenvalue weighted by Crippen LogP contribution is -2.36. The lowest BCUT2D eigenvalue weighted by Gasteiger charge is -2.14. The van der Waals surface area contributed by atoms with E-state index in [1.165, 1.54) is 4.68 Å². The summed E-state index contributed by atoms with van der Waals surface area (Å²) in [5, 5.41) is 15.5. The van der Waals surface area contributed by atoms with Crippen LogP contribution in [0.25, 0.3) is 22.8 Å². The molecule has 0 aliphatic rings. The fourth-order valence-electron chi connectivity index (χ4n) is 3.31. The summed E-state index contributed by atoms with van der Waals surface area (Å²) in [6.45, 7) is 8.78. The maximum atomic E-state index is 13.1. The largest absolute Gasteiger partial charge is 0.494 e. The Balaban J connectivity index is 1.63. The zero-order chi connectivity index (χ0) is 24.8. The predicted molar refractivity (Wildman–Crippen MR) is 127 cm³/mol. The van der Waals surface area contributed by atoms with E-state index in [1.54, 1.807) is 24.3 Å². The molecular formula is C23H24N8O4. The van der Waals surface area contributed by atoms with Crippen LogP contribution in [0.2, 0.25) is 0 Å². The quantitative estimate of drug-likeness (QED) is 0.291. The second-order valence-corrected chi connectivity index (χ2v) is 7.12. The zero-order valence-electron chi connectivity index (χ0n) is 19.2. The number of amides is 1. The number of ether oxygens (including phenoxy) is 2. The van der Waals surface area contributed by atoms with Crippen molar-refractivity contribution in [1.29, 1.82) is 0 Å². The average Bonchev–Trinajstić information content (AvgIpc) is 3.49. The minimum Gasteiger partial charge on any atom is -0.494 e. The average molecular weight is 476 g/mol. The van der Waals surface area contributed by atoms with Gasteiger partial charge in [0.05, 0.1) is 18.9 Å². The SMILES string of the molecule is C=C(NNC(=O)c1nnn(-c2nonc2N)c1-c1ccc(OCC)cc1)c1ccccc1OCC. The van der Waals surface area contributed by atoms with E-state index in [-0.39, 0.29) is 17.3 Å². The highest BCUT2D eigenvalue weighted by atomic mass is 16.6. The second-order valence-electron chi connectivity index (χ2n) is 7.12. The summed E-state index contributed by atoms with van der Waals surface area (Å²) in [5.74, 6) is 0.841. The van der Waals surface area contributed by atoms with Crippen LogP contribution in [-0.2, 0) is 0 Å². The summed E-state index contributed by atoms with van der Waals surface area (Å²) in [6, 6.07) is 14.4. The van der Waals surface area contributed by atoms with Gasteiger partial charge in [-0.05, 0) is 60.6 Å². The highest BCUT2D eigenvalue weighted by Crippen LogP contribution is 2.28. The predicted octanol–water partition coefficient (Wildman–Crippen LogP) is 2.60. The Labute approximate surface area is 200 Å². The number of hydrazine groups is 1. The van der Waals surface area contributed by atoms with Crippen LogP contribution in [0.4, 0.5) is 5.82 Å². The van der Waals surface area contributed by atoms with Crippen LogP contribution in [-0.4, -0.2) is 44.4 Å². The van der Waals surface area contributed by atoms with Crippen molar-refractivity contribution >= 4 is 17.4 Å². The maximum absolute atomic E-state index is 13.1. The number of anilines is 1. The number of nitrogen functional groups attached to an aromatic ring is 1. The third-order valence-electron chi connectivity index (χ3n) is 4.86. The Bertz CT molecular complexity index is 1330. The normalized spacial score (nSPS) is 10.6. The molecule has 12 nitrogen and oxygen atoms in total. The molecule has 4 aromatic rings. The molecule has 35 heavy (non-hydrogen) atoms. The molecule has 2 heterocycles. The molecule has 0 atom stereocenters. The number of carbonyl (C=O) groups is 1. The lowest BCUT2D eigenvalue weighted by molar-refractivity contribution is 0.0938. The smallest absolute Gasteiger partial charge is 0.292 e. The van der Waals surface area contributed by atoms with E-state index < -0.39 is 5.91 Å². The number of aromatic nitrogens is 5. The first-order chi connectivity index (χ1) is 17.0. The van der Waals surface area contributed by atoms with Crippen molar-refractivity contribution < 1.29 is 18.9 Å². The zero-order valence-corrected chi connectivity index (χ0v) is 19.2. The minimum atomic E-state index is -0.565. The Morgan fingerprint density at radius 1 is 1.06 bits per heavy atom. The molecule has 4 N–H and O–H groups in total. The lowest BCUT2D eigenvalue weighted by atomic mass is 10.1. The van der Waals surface area contributed by atoms with Gasteiger partial charge in [-0.3, -0.25) is 15.6 Å². The summed E-state index contributed by atoms with van der Waals surface area (Å²) >= 11 is 0. The summed E-state index contributed by atoms with van der Waals surface area (Å²) in [4.78, 5) is 13.1. The first-order valence-corrected chi connectivity index (χ1v) is 10.8. The molecule has 12 heteroatoms. The van der Waals surface area contributed by atoms with Crippen LogP contribution in [0.3, 0.4) is 0 Å². The number of nitrogens with zero attached hydrogens (tertiary/aromatic N) is 5. The Hall–Kier alpha value is -4.87. The number of para-hydroxylation sites is 1. The van der Waals surface area contributed by atoms with Crippen LogP contribution in [0.1, 0.15) is 29.9 Å². The fraction of sp³-hybridized carbons (Fsp3) is 0.174. The summed E-state index contributed by atoms with van der Waals surface area (Å²) < 4.78 is 17.1. The van der Waals surface area contributed by atoms with Gasteiger partial charge < -0.3 is 15.2 Å². The van der Waals surface area contributed by atoms with E-state index in [1.807, 2.05) is 38.1 Å². The molecule has 0 saturated carbocycles. The molecule has 2 aromatic carbocycles. The summed E-state index contributed by atoms with van der Waals surface area (Å²) in [7, 11) is 0. The van der Waals surface area contributed by atoms with Gasteiger partial charge in [-0.1, -0.05) is 23.9 Å². The van der Waals surface area contributed by atoms with Gasteiger partial charge in [-0.2, -0.15) is 4.68 Å². The molecule has 0 aliphatic carbocycles. The van der Waals surface area contributed by atoms with E-state index in [0.717, 1.165) is 0 Å². The van der Waals surface area contributed by atoms with E-state index in [4.69, 9.17) is 19.8 Å². The van der Waals surface area contributed by atoms with Gasteiger partial charge in [0.1, 0.15) is 17.2 Å². The molecule has 4 rings (SSSR count). The van der Waals surface area contributed by atoms with Gasteiger partial charge in [-0.15, -0.1) is 5.10 Å². The molecule has 0 saturated heterocycles. The fourth-order valence-corrected chi connectivity index (χ4v) is 3.31. The van der Waals surface area contributed by atoms with E-state index in [9.17, 15) is 4.79 Å². The van der Waals surface area contributed by atoms with Crippen LogP contribution in [0, 0.1) is 0 Å². The Morgan fingerprint density at radius 2 is 1.80 bits per heavy atom. The standard InChI is InChI=1S/C23H24N8O4/c1-4-33-16-12-10-15(11-13-16)20-19(26-30-31(20)22-21(24)28-35-29-22)23(32)27-25-14(3)17-8-6-7-9-18(17)34-5-2/h6-13,25H,3-5H2,1-2H3,(H2,24,28)(H,27,32). The van der Waals surface area contributed by atoms with Gasteiger partial charge in [0.25, 0.3) is 5.91 Å². The summed E-state index contributed by atoms with van der Waals surface area (Å²) in [6.07, 6.45) is 0. The van der Waals surface area contributed by atoms with Crippen molar-refractivity contribution in [3.63, 3.8) is 0 Å². The number of rotatable bonds is 10. The van der Waals surface area contributed by atoms with Gasteiger partial charge >= 0.3 is 0 Å². The van der Waals surface area contributed by atoms with Crippen LogP contribution >= 0.6 is 0 Å². The van der Waals surface area contributed by atoms with Crippen LogP contribution in [0.5, 0.6) is 11.5 Å². The van der Waals surface area contributed by atoms with Gasteiger partial charge in [0.2, 0.25) is 11.6 Å². The van der Waals surface area contributed by atoms with Crippen LogP contribution < -0.4 is 26.1 Å². The molecule has 180 valence electrons. The van der Waals surface area contributed by atoms with Gasteiger partial charge in [0, 0.05) is 11.1 Å². The highest BCUT2D eigenvalue weighted by molar-refractivity contribution is 5.98. The Kier molecular flexibility index (Phi) is 6.91. The number of carbonyl (C=O) groups excluding carboxylic acids is 1. The van der Waals surface area contributed by atoms with E-state index in [0.29, 0.717) is 47.2 Å². The molecule has 0 unspecified atom stereocenters. The molecular weight excluding hydrogens is 452 g/mol. The van der Waals surface area contributed by atoms with Gasteiger partial charge in [-0.25, -0.2) is 4.63 Å². The topological polar surface area (TPSA) is 155 Å². The monoisotopic (exact) mass is 476 g/mol. The van der Waals surface area contributed by atoms with Crippen molar-refractivity contribution in [3.05, 3.63) is 66.4 Å². The number of hydrogen-bond donors (Lipinski definition) is 3. The molecule has 1 amide bonds. The highest BCUT2D eigenvalue weighted by Gasteiger charge is 2.25. The molecule has 0 aliphatic heterocycles. The molecule has 0 fully saturated rings. The number of benzene rings is 2. The van der Waals surface area contributed by atoms with E-state index in [2.05, 4.69) is 38.1 Å². The summed E-state index contributed by atoms with van der Waals surface area (Å²) in [5.41, 5.74) is 13.4. The second kappa shape index (κ2) is 10.4. The number of nitrogens with one attached hydrogen (secondary N) is 2. The van der Waals surface area contributed by atoms with Gasteiger partial charge in [0.15, 0.2) is 5.69 Å². The van der Waals surface area contributed by atoms with Crippen molar-refractivity contribution in [3.8, 4) is 28.6 Å². The molecule has 0 radical (unpaired) electrons. The van der Waals surface area contributed by atoms with Crippen molar-refractivity contribution in [2.45, 2.75) is 13.8 Å². The van der Waals surface area contributed by atoms with E-state index >= 15 is 0 Å². The molecule has 0 bridgehead atoms. The first kappa shape index (κ1) is 23.3. The number of nitrogens with two attached hydrogens (primary N) is 1. The Morgan fingerprint density at radius 3 is 2.49 bits per heavy atom. The third-order valence-corrected chi connectivity index (χ3v) is 4.86. The molecule has 0 spiro atoms. The maximum Gasteiger partial charge on any atom is 0.292 e. The first-order valence-electron chi connectivity index (χ1n) is 10.8. The molecule has 2 aromatic heterocycles. The minimum absolute atomic E-state index is 0.00641.